The maximum Gasteiger partial charge on any atom is 0.227 e. The molecule has 1 N–H and O–H groups in total. The predicted molar refractivity (Wildman–Crippen MR) is 91.4 cm³/mol. The van der Waals surface area contributed by atoms with E-state index in [1.54, 1.807) is 4.90 Å². The molecule has 1 aliphatic carbocycles. The van der Waals surface area contributed by atoms with Crippen molar-refractivity contribution in [2.45, 2.75) is 31.2 Å². The highest BCUT2D eigenvalue weighted by atomic mass is 16.2. The number of carbonyl (C=O) groups is 1. The molecule has 2 aliphatic rings. The fraction of sp³-hybridized carbons (Fsp3) is 0.368. The average Bonchev–Trinajstić information content (AvgIpc) is 3.39. The molecule has 2 heterocycles. The van der Waals surface area contributed by atoms with Crippen molar-refractivity contribution >= 4 is 11.6 Å². The summed E-state index contributed by atoms with van der Waals surface area (Å²) in [5, 5.41) is 3.42. The molecule has 1 aromatic heterocycles. The standard InChI is InChI=1S/C19H21N3O/c1-20-19(7-8-19)16-10-15(11-21-12-16)13-3-5-17-14(9-13)4-6-18(23)22(17)2/h3,5,9-12,20H,4,6-8H2,1-2H3. The van der Waals surface area contributed by atoms with Crippen molar-refractivity contribution in [2.75, 3.05) is 19.0 Å². The number of nitrogens with zero attached hydrogens (tertiary/aromatic N) is 2. The molecule has 0 unspecified atom stereocenters. The highest BCUT2D eigenvalue weighted by Crippen LogP contribution is 2.45. The third-order valence-corrected chi connectivity index (χ3v) is 5.28. The maximum absolute atomic E-state index is 11.8. The fourth-order valence-corrected chi connectivity index (χ4v) is 3.50. The fourth-order valence-electron chi connectivity index (χ4n) is 3.50. The summed E-state index contributed by atoms with van der Waals surface area (Å²) in [7, 11) is 3.87. The molecule has 23 heavy (non-hydrogen) atoms. The molecule has 118 valence electrons. The summed E-state index contributed by atoms with van der Waals surface area (Å²) >= 11 is 0. The molecule has 1 amide bonds. The van der Waals surface area contributed by atoms with E-state index < -0.39 is 0 Å². The molecular formula is C19H21N3O. The van der Waals surface area contributed by atoms with Gasteiger partial charge in [0, 0.05) is 42.7 Å². The van der Waals surface area contributed by atoms with Crippen LogP contribution in [0.1, 0.15) is 30.4 Å². The van der Waals surface area contributed by atoms with Gasteiger partial charge in [0.1, 0.15) is 0 Å². The van der Waals surface area contributed by atoms with Gasteiger partial charge in [-0.2, -0.15) is 0 Å². The highest BCUT2D eigenvalue weighted by molar-refractivity contribution is 5.96. The lowest BCUT2D eigenvalue weighted by molar-refractivity contribution is -0.118. The summed E-state index contributed by atoms with van der Waals surface area (Å²) < 4.78 is 0. The lowest BCUT2D eigenvalue weighted by atomic mass is 9.95. The Morgan fingerprint density at radius 2 is 1.96 bits per heavy atom. The molecule has 0 saturated heterocycles. The van der Waals surface area contributed by atoms with E-state index in [0.717, 1.165) is 17.7 Å². The Morgan fingerprint density at radius 1 is 1.13 bits per heavy atom. The zero-order valence-corrected chi connectivity index (χ0v) is 13.6. The monoisotopic (exact) mass is 307 g/mol. The second-order valence-corrected chi connectivity index (χ2v) is 6.59. The van der Waals surface area contributed by atoms with E-state index in [0.29, 0.717) is 6.42 Å². The summed E-state index contributed by atoms with van der Waals surface area (Å²) in [5.74, 6) is 0.193. The van der Waals surface area contributed by atoms with Crippen molar-refractivity contribution in [3.8, 4) is 11.1 Å². The minimum atomic E-state index is 0.129. The molecule has 1 fully saturated rings. The van der Waals surface area contributed by atoms with Crippen LogP contribution in [0, 0.1) is 0 Å². The number of amides is 1. The lowest BCUT2D eigenvalue weighted by Gasteiger charge is -2.26. The Bertz CT molecular complexity index is 780. The third-order valence-electron chi connectivity index (χ3n) is 5.28. The van der Waals surface area contributed by atoms with E-state index in [1.165, 1.54) is 29.5 Å². The van der Waals surface area contributed by atoms with Crippen molar-refractivity contribution in [3.05, 3.63) is 47.8 Å². The number of pyridine rings is 1. The molecule has 0 atom stereocenters. The predicted octanol–water partition coefficient (Wildman–Crippen LogP) is 2.87. The second kappa shape index (κ2) is 5.17. The first-order valence-corrected chi connectivity index (χ1v) is 8.17. The first kappa shape index (κ1) is 14.4. The van der Waals surface area contributed by atoms with Gasteiger partial charge in [-0.15, -0.1) is 0 Å². The van der Waals surface area contributed by atoms with E-state index in [2.05, 4.69) is 34.6 Å². The van der Waals surface area contributed by atoms with Crippen LogP contribution in [-0.4, -0.2) is 25.0 Å². The van der Waals surface area contributed by atoms with Crippen molar-refractivity contribution in [2.24, 2.45) is 0 Å². The molecule has 4 rings (SSSR count). The Labute approximate surface area is 136 Å². The van der Waals surface area contributed by atoms with E-state index in [-0.39, 0.29) is 11.4 Å². The van der Waals surface area contributed by atoms with Gasteiger partial charge in [0.05, 0.1) is 0 Å². The van der Waals surface area contributed by atoms with Crippen LogP contribution in [0.4, 0.5) is 5.69 Å². The van der Waals surface area contributed by atoms with E-state index in [9.17, 15) is 4.79 Å². The molecule has 0 spiro atoms. The van der Waals surface area contributed by atoms with Gasteiger partial charge in [-0.3, -0.25) is 9.78 Å². The van der Waals surface area contributed by atoms with Crippen LogP contribution >= 0.6 is 0 Å². The Kier molecular flexibility index (Phi) is 3.23. The molecule has 0 radical (unpaired) electrons. The number of anilines is 1. The van der Waals surface area contributed by atoms with Crippen molar-refractivity contribution < 1.29 is 4.79 Å². The zero-order valence-electron chi connectivity index (χ0n) is 13.6. The molecule has 4 heteroatoms. The molecule has 4 nitrogen and oxygen atoms in total. The summed E-state index contributed by atoms with van der Waals surface area (Å²) in [6, 6.07) is 8.60. The number of rotatable bonds is 3. The van der Waals surface area contributed by atoms with Gasteiger partial charge in [-0.25, -0.2) is 0 Å². The normalized spacial score (nSPS) is 18.7. The number of carbonyl (C=O) groups excluding carboxylic acids is 1. The van der Waals surface area contributed by atoms with Gasteiger partial charge in [0.25, 0.3) is 0 Å². The Balaban J connectivity index is 1.72. The summed E-state index contributed by atoms with van der Waals surface area (Å²) in [6.07, 6.45) is 7.65. The van der Waals surface area contributed by atoms with Crippen LogP contribution in [0.15, 0.2) is 36.7 Å². The van der Waals surface area contributed by atoms with E-state index >= 15 is 0 Å². The number of fused-ring (bicyclic) bond motifs is 1. The minimum Gasteiger partial charge on any atom is -0.315 e. The summed E-state index contributed by atoms with van der Waals surface area (Å²) in [6.45, 7) is 0. The first-order valence-electron chi connectivity index (χ1n) is 8.17. The summed E-state index contributed by atoms with van der Waals surface area (Å²) in [4.78, 5) is 18.0. The third kappa shape index (κ3) is 2.34. The molecule has 2 aromatic rings. The number of hydrogen-bond acceptors (Lipinski definition) is 3. The summed E-state index contributed by atoms with van der Waals surface area (Å²) in [5.41, 5.74) is 5.98. The van der Waals surface area contributed by atoms with Crippen LogP contribution < -0.4 is 10.2 Å². The number of benzene rings is 1. The molecule has 0 bridgehead atoms. The molecule has 1 saturated carbocycles. The van der Waals surface area contributed by atoms with Gasteiger partial charge in [-0.05, 0) is 61.2 Å². The number of aryl methyl sites for hydroxylation is 1. The Hall–Kier alpha value is -2.20. The average molecular weight is 307 g/mol. The minimum absolute atomic E-state index is 0.129. The van der Waals surface area contributed by atoms with Crippen LogP contribution in [0.3, 0.4) is 0 Å². The number of hydrogen-bond donors (Lipinski definition) is 1. The van der Waals surface area contributed by atoms with Gasteiger partial charge in [0.15, 0.2) is 0 Å². The SMILES string of the molecule is CNC1(c2cncc(-c3ccc4c(c3)CCC(=O)N4C)c2)CC1. The van der Waals surface area contributed by atoms with Crippen molar-refractivity contribution in [1.29, 1.82) is 0 Å². The number of nitrogens with one attached hydrogen (secondary N) is 1. The quantitative estimate of drug-likeness (QED) is 0.948. The van der Waals surface area contributed by atoms with Crippen molar-refractivity contribution in [3.63, 3.8) is 0 Å². The van der Waals surface area contributed by atoms with Crippen LogP contribution in [0.25, 0.3) is 11.1 Å². The highest BCUT2D eigenvalue weighted by Gasteiger charge is 2.43. The smallest absolute Gasteiger partial charge is 0.227 e. The van der Waals surface area contributed by atoms with Gasteiger partial charge in [0.2, 0.25) is 5.91 Å². The van der Waals surface area contributed by atoms with Crippen molar-refractivity contribution in [1.82, 2.24) is 10.3 Å². The van der Waals surface area contributed by atoms with Gasteiger partial charge in [-0.1, -0.05) is 6.07 Å². The maximum atomic E-state index is 11.8. The second-order valence-electron chi connectivity index (χ2n) is 6.59. The number of aromatic nitrogens is 1. The Morgan fingerprint density at radius 3 is 2.70 bits per heavy atom. The van der Waals surface area contributed by atoms with Gasteiger partial charge >= 0.3 is 0 Å². The van der Waals surface area contributed by atoms with Crippen LogP contribution in [0.5, 0.6) is 0 Å². The largest absolute Gasteiger partial charge is 0.315 e. The van der Waals surface area contributed by atoms with Crippen LogP contribution in [-0.2, 0) is 16.8 Å². The topological polar surface area (TPSA) is 45.2 Å². The van der Waals surface area contributed by atoms with E-state index in [1.807, 2.05) is 26.5 Å². The van der Waals surface area contributed by atoms with E-state index in [4.69, 9.17) is 0 Å². The van der Waals surface area contributed by atoms with Gasteiger partial charge < -0.3 is 10.2 Å². The first-order chi connectivity index (χ1) is 11.1. The van der Waals surface area contributed by atoms with Crippen LogP contribution in [0.2, 0.25) is 0 Å². The molecule has 1 aliphatic heterocycles. The lowest BCUT2D eigenvalue weighted by Crippen LogP contribution is -2.30. The molecule has 1 aromatic carbocycles. The molecular weight excluding hydrogens is 286 g/mol. The zero-order chi connectivity index (χ0) is 16.0.